The Morgan fingerprint density at radius 3 is 1.36 bits per heavy atom. The van der Waals surface area contributed by atoms with Gasteiger partial charge in [-0.1, -0.05) is 0 Å². The van der Waals surface area contributed by atoms with Crippen LogP contribution in [0.1, 0.15) is 12.8 Å². The molecule has 0 saturated carbocycles. The molecule has 0 radical (unpaired) electrons. The largest absolute Gasteiger partial charge is 0.456 e. The van der Waals surface area contributed by atoms with Gasteiger partial charge in [-0.25, -0.2) is 0 Å². The van der Waals surface area contributed by atoms with Crippen LogP contribution in [-0.4, -0.2) is 40.7 Å². The zero-order valence-electron chi connectivity index (χ0n) is 8.44. The van der Waals surface area contributed by atoms with Gasteiger partial charge in [0.2, 0.25) is 0 Å². The van der Waals surface area contributed by atoms with Crippen molar-refractivity contribution >= 4 is 14.2 Å². The van der Waals surface area contributed by atoms with Gasteiger partial charge in [0.15, 0.2) is 0 Å². The topological polar surface area (TPSA) is 36.9 Å². The summed E-state index contributed by atoms with van der Waals surface area (Å²) in [7, 11) is -0.0873. The maximum atomic E-state index is 5.44. The lowest BCUT2D eigenvalue weighted by molar-refractivity contribution is 0.125. The van der Waals surface area contributed by atoms with Crippen LogP contribution in [0.2, 0.25) is 12.6 Å². The first kappa shape index (κ1) is 10.5. The molecule has 0 N–H and O–H groups in total. The maximum absolute atomic E-state index is 5.44. The highest BCUT2D eigenvalue weighted by Gasteiger charge is 2.27. The van der Waals surface area contributed by atoms with Crippen LogP contribution in [0, 0.1) is 0 Å². The van der Waals surface area contributed by atoms with Crippen LogP contribution in [0.25, 0.3) is 0 Å². The SMILES string of the molecule is C1COB(CCB2OCCCO2)OC1. The van der Waals surface area contributed by atoms with Crippen molar-refractivity contribution in [3.63, 3.8) is 0 Å². The van der Waals surface area contributed by atoms with Gasteiger partial charge < -0.3 is 18.6 Å². The van der Waals surface area contributed by atoms with Gasteiger partial charge in [0.25, 0.3) is 0 Å². The summed E-state index contributed by atoms with van der Waals surface area (Å²) in [5.74, 6) is 0. The van der Waals surface area contributed by atoms with E-state index in [4.69, 9.17) is 18.6 Å². The van der Waals surface area contributed by atoms with Gasteiger partial charge in [-0.15, -0.1) is 0 Å². The molecule has 2 saturated heterocycles. The number of hydrogen-bond acceptors (Lipinski definition) is 4. The third kappa shape index (κ3) is 3.28. The van der Waals surface area contributed by atoms with E-state index >= 15 is 0 Å². The van der Waals surface area contributed by atoms with Crippen molar-refractivity contribution in [1.82, 2.24) is 0 Å². The highest BCUT2D eigenvalue weighted by Crippen LogP contribution is 2.13. The van der Waals surface area contributed by atoms with Crippen molar-refractivity contribution in [2.45, 2.75) is 25.5 Å². The van der Waals surface area contributed by atoms with E-state index in [2.05, 4.69) is 0 Å². The highest BCUT2D eigenvalue weighted by atomic mass is 16.6. The van der Waals surface area contributed by atoms with Gasteiger partial charge >= 0.3 is 14.2 Å². The van der Waals surface area contributed by atoms with Crippen molar-refractivity contribution in [2.75, 3.05) is 26.4 Å². The molecule has 0 aromatic carbocycles. The minimum atomic E-state index is -0.0436. The lowest BCUT2D eigenvalue weighted by atomic mass is 9.70. The van der Waals surface area contributed by atoms with Crippen molar-refractivity contribution in [3.05, 3.63) is 0 Å². The molecule has 0 unspecified atom stereocenters. The minimum absolute atomic E-state index is 0.0436. The smallest absolute Gasteiger partial charge is 0.411 e. The van der Waals surface area contributed by atoms with E-state index in [9.17, 15) is 0 Å². The van der Waals surface area contributed by atoms with E-state index in [-0.39, 0.29) is 14.2 Å². The molecular weight excluding hydrogens is 182 g/mol. The standard InChI is InChI=1S/C8H16B2O4/c1-5-11-9(12-6-1)3-4-10-13-7-2-8-14-10/h1-8H2. The summed E-state index contributed by atoms with van der Waals surface area (Å²) in [5, 5.41) is 0. The van der Waals surface area contributed by atoms with Gasteiger partial charge in [0.1, 0.15) is 0 Å². The van der Waals surface area contributed by atoms with E-state index in [0.717, 1.165) is 51.9 Å². The van der Waals surface area contributed by atoms with Crippen LogP contribution in [0.3, 0.4) is 0 Å². The maximum Gasteiger partial charge on any atom is 0.456 e. The van der Waals surface area contributed by atoms with Crippen LogP contribution >= 0.6 is 0 Å². The summed E-state index contributed by atoms with van der Waals surface area (Å²) in [6.45, 7) is 3.27. The molecular formula is C8H16B2O4. The molecule has 2 aliphatic rings. The highest BCUT2D eigenvalue weighted by molar-refractivity contribution is 6.51. The summed E-state index contributed by atoms with van der Waals surface area (Å²) in [6, 6.07) is 0. The molecule has 2 heterocycles. The molecule has 0 aromatic rings. The molecule has 0 aliphatic carbocycles. The fourth-order valence-corrected chi connectivity index (χ4v) is 1.68. The molecule has 2 rings (SSSR count). The Hall–Kier alpha value is -0.0301. The van der Waals surface area contributed by atoms with Crippen LogP contribution in [0.5, 0.6) is 0 Å². The zero-order chi connectivity index (χ0) is 9.64. The molecule has 4 nitrogen and oxygen atoms in total. The Bertz CT molecular complexity index is 139. The van der Waals surface area contributed by atoms with Gasteiger partial charge in [-0.2, -0.15) is 0 Å². The second kappa shape index (κ2) is 5.75. The van der Waals surface area contributed by atoms with E-state index in [1.807, 2.05) is 0 Å². The molecule has 0 aromatic heterocycles. The predicted molar refractivity (Wildman–Crippen MR) is 54.2 cm³/mol. The van der Waals surface area contributed by atoms with Crippen molar-refractivity contribution in [3.8, 4) is 0 Å². The number of rotatable bonds is 3. The first-order valence-corrected chi connectivity index (χ1v) is 5.41. The first-order chi connectivity index (χ1) is 6.95. The second-order valence-electron chi connectivity index (χ2n) is 3.63. The van der Waals surface area contributed by atoms with Crippen LogP contribution in [0.15, 0.2) is 0 Å². The predicted octanol–water partition coefficient (Wildman–Crippen LogP) is 0.837. The van der Waals surface area contributed by atoms with E-state index in [0.29, 0.717) is 0 Å². The molecule has 2 fully saturated rings. The van der Waals surface area contributed by atoms with Crippen molar-refractivity contribution in [2.24, 2.45) is 0 Å². The van der Waals surface area contributed by atoms with Crippen LogP contribution in [-0.2, 0) is 18.6 Å². The molecule has 0 atom stereocenters. The normalized spacial score (nSPS) is 24.0. The minimum Gasteiger partial charge on any atom is -0.411 e. The quantitative estimate of drug-likeness (QED) is 0.629. The third-order valence-corrected chi connectivity index (χ3v) is 2.43. The third-order valence-electron chi connectivity index (χ3n) is 2.43. The molecule has 0 spiro atoms. The summed E-state index contributed by atoms with van der Waals surface area (Å²) in [6.07, 6.45) is 3.75. The Balaban J connectivity index is 1.60. The molecule has 6 heteroatoms. The Morgan fingerprint density at radius 2 is 1.00 bits per heavy atom. The average molecular weight is 198 g/mol. The van der Waals surface area contributed by atoms with Gasteiger partial charge in [0, 0.05) is 26.4 Å². The van der Waals surface area contributed by atoms with Gasteiger partial charge in [0.05, 0.1) is 0 Å². The Morgan fingerprint density at radius 1 is 0.643 bits per heavy atom. The second-order valence-corrected chi connectivity index (χ2v) is 3.63. The molecule has 0 bridgehead atoms. The van der Waals surface area contributed by atoms with E-state index in [1.54, 1.807) is 0 Å². The lowest BCUT2D eigenvalue weighted by Gasteiger charge is -2.23. The van der Waals surface area contributed by atoms with Gasteiger partial charge in [-0.3, -0.25) is 0 Å². The molecule has 2 aliphatic heterocycles. The van der Waals surface area contributed by atoms with Crippen molar-refractivity contribution < 1.29 is 18.6 Å². The summed E-state index contributed by atoms with van der Waals surface area (Å²) < 4.78 is 21.7. The van der Waals surface area contributed by atoms with E-state index < -0.39 is 0 Å². The monoisotopic (exact) mass is 198 g/mol. The fraction of sp³-hybridized carbons (Fsp3) is 1.00. The van der Waals surface area contributed by atoms with Crippen LogP contribution in [0.4, 0.5) is 0 Å². The summed E-state index contributed by atoms with van der Waals surface area (Å²) in [4.78, 5) is 0. The Labute approximate surface area is 85.5 Å². The Kier molecular flexibility index (Phi) is 4.31. The zero-order valence-corrected chi connectivity index (χ0v) is 8.44. The summed E-state index contributed by atoms with van der Waals surface area (Å²) in [5.41, 5.74) is 0. The number of hydrogen-bond donors (Lipinski definition) is 0. The molecule has 78 valence electrons. The van der Waals surface area contributed by atoms with Crippen LogP contribution < -0.4 is 0 Å². The average Bonchev–Trinajstić information content (AvgIpc) is 2.29. The fourth-order valence-electron chi connectivity index (χ4n) is 1.68. The lowest BCUT2D eigenvalue weighted by Crippen LogP contribution is -2.34. The molecule has 14 heavy (non-hydrogen) atoms. The van der Waals surface area contributed by atoms with E-state index in [1.165, 1.54) is 0 Å². The summed E-state index contributed by atoms with van der Waals surface area (Å²) >= 11 is 0. The first-order valence-electron chi connectivity index (χ1n) is 5.41. The molecule has 0 amide bonds. The van der Waals surface area contributed by atoms with Crippen molar-refractivity contribution in [1.29, 1.82) is 0 Å². The van der Waals surface area contributed by atoms with Gasteiger partial charge in [-0.05, 0) is 25.5 Å².